The van der Waals surface area contributed by atoms with E-state index in [-0.39, 0.29) is 0 Å². The van der Waals surface area contributed by atoms with E-state index in [1.54, 1.807) is 0 Å². The van der Waals surface area contributed by atoms with Gasteiger partial charge in [-0.1, -0.05) is 45.1 Å². The molecule has 0 bridgehead atoms. The predicted molar refractivity (Wildman–Crippen MR) is 56.1 cm³/mol. The van der Waals surface area contributed by atoms with Crippen LogP contribution >= 0.6 is 0 Å². The largest absolute Gasteiger partial charge is 0.328 e. The first-order valence-electron chi connectivity index (χ1n) is 5.06. The van der Waals surface area contributed by atoms with Gasteiger partial charge in [-0.05, 0) is 6.42 Å². The molecule has 1 atom stereocenters. The summed E-state index contributed by atoms with van der Waals surface area (Å²) in [5.74, 6) is 0. The summed E-state index contributed by atoms with van der Waals surface area (Å²) in [6, 6.07) is 1.79. The molecule has 1 unspecified atom stereocenters. The van der Waals surface area contributed by atoms with Crippen molar-refractivity contribution in [1.82, 2.24) is 0 Å². The molecule has 1 nitrogen and oxygen atoms in total. The summed E-state index contributed by atoms with van der Waals surface area (Å²) in [4.78, 5) is 0. The number of hydrogen-bond donors (Lipinski definition) is 1. The van der Waals surface area contributed by atoms with E-state index in [4.69, 9.17) is 5.73 Å². The first-order valence-corrected chi connectivity index (χ1v) is 6.48. The molecule has 2 heteroatoms. The second-order valence-corrected chi connectivity index (χ2v) is 4.19. The van der Waals surface area contributed by atoms with Crippen LogP contribution in [-0.2, 0) is 0 Å². The van der Waals surface area contributed by atoms with Gasteiger partial charge in [-0.2, -0.15) is 0 Å². The molecule has 0 heterocycles. The minimum absolute atomic E-state index is 0.517. The van der Waals surface area contributed by atoms with Crippen molar-refractivity contribution >= 4 is 10.2 Å². The third kappa shape index (κ3) is 8.08. The molecule has 0 spiro atoms. The fourth-order valence-electron chi connectivity index (χ4n) is 1.21. The molecule has 0 aromatic heterocycles. The summed E-state index contributed by atoms with van der Waals surface area (Å²) in [5.41, 5.74) is 5.82. The quantitative estimate of drug-likeness (QED) is 0.458. The van der Waals surface area contributed by atoms with Gasteiger partial charge in [0.05, 0.1) is 0 Å². The average molecular weight is 173 g/mol. The first-order chi connectivity index (χ1) is 5.31. The minimum Gasteiger partial charge on any atom is -0.328 e. The summed E-state index contributed by atoms with van der Waals surface area (Å²) in [7, 11) is 1.27. The maximum absolute atomic E-state index is 5.82. The minimum atomic E-state index is 0.517. The third-order valence-electron chi connectivity index (χ3n) is 2.20. The highest BCUT2D eigenvalue weighted by atomic mass is 28.1. The van der Waals surface area contributed by atoms with Crippen molar-refractivity contribution in [2.24, 2.45) is 5.73 Å². The van der Waals surface area contributed by atoms with Gasteiger partial charge in [0.2, 0.25) is 0 Å². The molecule has 0 amide bonds. The lowest BCUT2D eigenvalue weighted by molar-refractivity contribution is 0.563. The van der Waals surface area contributed by atoms with Crippen LogP contribution < -0.4 is 5.73 Å². The van der Waals surface area contributed by atoms with Gasteiger partial charge < -0.3 is 5.73 Å². The molecule has 0 saturated heterocycles. The van der Waals surface area contributed by atoms with Crippen molar-refractivity contribution in [2.75, 3.05) is 0 Å². The molecule has 11 heavy (non-hydrogen) atoms. The van der Waals surface area contributed by atoms with Crippen LogP contribution in [0.5, 0.6) is 0 Å². The molecule has 0 fully saturated rings. The Balaban J connectivity index is 2.89. The Bertz CT molecular complexity index is 76.0. The van der Waals surface area contributed by atoms with E-state index >= 15 is 0 Å². The molecule has 0 radical (unpaired) electrons. The number of nitrogens with two attached hydrogens (primary N) is 1. The molecule has 0 aliphatic heterocycles. The fourth-order valence-corrected chi connectivity index (χ4v) is 1.62. The van der Waals surface area contributed by atoms with E-state index in [1.807, 2.05) is 0 Å². The Kier molecular flexibility index (Phi) is 8.41. The summed E-state index contributed by atoms with van der Waals surface area (Å²) >= 11 is 0. The molecule has 0 aromatic rings. The Hall–Kier alpha value is 0.177. The van der Waals surface area contributed by atoms with Crippen LogP contribution in [0.15, 0.2) is 0 Å². The Morgan fingerprint density at radius 3 is 2.36 bits per heavy atom. The van der Waals surface area contributed by atoms with Crippen molar-refractivity contribution in [3.05, 3.63) is 0 Å². The lowest BCUT2D eigenvalue weighted by Crippen LogP contribution is -2.18. The SMILES string of the molecule is CCCCCCCC(N)C[SiH3]. The molecule has 68 valence electrons. The van der Waals surface area contributed by atoms with Gasteiger partial charge in [-0.25, -0.2) is 0 Å². The smallest absolute Gasteiger partial charge is 0.00476 e. The number of hydrogen-bond acceptors (Lipinski definition) is 1. The molecule has 0 saturated carbocycles. The van der Waals surface area contributed by atoms with Crippen LogP contribution in [0.25, 0.3) is 0 Å². The molecule has 0 aliphatic rings. The molecule has 0 aromatic carbocycles. The summed E-state index contributed by atoms with van der Waals surface area (Å²) in [6.45, 7) is 2.25. The Labute approximate surface area is 74.2 Å². The molecule has 0 rings (SSSR count). The average Bonchev–Trinajstić information content (AvgIpc) is 2.04. The molecular formula is C9H23NSi. The van der Waals surface area contributed by atoms with Crippen molar-refractivity contribution in [3.63, 3.8) is 0 Å². The van der Waals surface area contributed by atoms with Crippen molar-refractivity contribution < 1.29 is 0 Å². The van der Waals surface area contributed by atoms with Crippen molar-refractivity contribution in [1.29, 1.82) is 0 Å². The second-order valence-electron chi connectivity index (χ2n) is 3.37. The Morgan fingerprint density at radius 1 is 1.18 bits per heavy atom. The highest BCUT2D eigenvalue weighted by Gasteiger charge is 1.97. The van der Waals surface area contributed by atoms with Crippen molar-refractivity contribution in [3.8, 4) is 0 Å². The molecule has 2 N–H and O–H groups in total. The van der Waals surface area contributed by atoms with Gasteiger partial charge >= 0.3 is 0 Å². The van der Waals surface area contributed by atoms with E-state index in [2.05, 4.69) is 6.92 Å². The summed E-state index contributed by atoms with van der Waals surface area (Å²) < 4.78 is 0. The summed E-state index contributed by atoms with van der Waals surface area (Å²) in [6.07, 6.45) is 8.15. The van der Waals surface area contributed by atoms with Gasteiger partial charge in [0.15, 0.2) is 0 Å². The highest BCUT2D eigenvalue weighted by molar-refractivity contribution is 6.08. The van der Waals surface area contributed by atoms with E-state index in [1.165, 1.54) is 54.8 Å². The van der Waals surface area contributed by atoms with Crippen LogP contribution in [0.2, 0.25) is 6.04 Å². The first kappa shape index (κ1) is 11.2. The predicted octanol–water partition coefficient (Wildman–Crippen LogP) is 1.46. The fraction of sp³-hybridized carbons (Fsp3) is 1.00. The third-order valence-corrected chi connectivity index (χ3v) is 3.25. The second kappa shape index (κ2) is 8.28. The van der Waals surface area contributed by atoms with E-state index < -0.39 is 0 Å². The van der Waals surface area contributed by atoms with Crippen LogP contribution in [0.4, 0.5) is 0 Å². The van der Waals surface area contributed by atoms with Gasteiger partial charge in [-0.15, -0.1) is 0 Å². The molecule has 0 aliphatic carbocycles. The zero-order valence-corrected chi connectivity index (χ0v) is 10.1. The zero-order valence-electron chi connectivity index (χ0n) is 8.10. The maximum atomic E-state index is 5.82. The highest BCUT2D eigenvalue weighted by Crippen LogP contribution is 2.06. The van der Waals surface area contributed by atoms with E-state index in [9.17, 15) is 0 Å². The van der Waals surface area contributed by atoms with E-state index in [0.29, 0.717) is 6.04 Å². The van der Waals surface area contributed by atoms with Crippen LogP contribution in [0.1, 0.15) is 45.4 Å². The van der Waals surface area contributed by atoms with Crippen molar-refractivity contribution in [2.45, 2.75) is 57.5 Å². The standard InChI is InChI=1S/C9H23NSi/c1-2-3-4-5-6-7-9(10)8-11/h9H,2-8,10H2,1,11H3. The lowest BCUT2D eigenvalue weighted by Gasteiger charge is -2.06. The van der Waals surface area contributed by atoms with E-state index in [0.717, 1.165) is 0 Å². The van der Waals surface area contributed by atoms with Gasteiger partial charge in [0, 0.05) is 16.3 Å². The monoisotopic (exact) mass is 173 g/mol. The maximum Gasteiger partial charge on any atom is 0.00476 e. The van der Waals surface area contributed by atoms with Gasteiger partial charge in [0.1, 0.15) is 0 Å². The topological polar surface area (TPSA) is 26.0 Å². The van der Waals surface area contributed by atoms with Crippen LogP contribution in [0.3, 0.4) is 0 Å². The van der Waals surface area contributed by atoms with Crippen LogP contribution in [0, 0.1) is 0 Å². The molecular weight excluding hydrogens is 150 g/mol. The summed E-state index contributed by atoms with van der Waals surface area (Å²) in [5, 5.41) is 0. The number of rotatable bonds is 7. The Morgan fingerprint density at radius 2 is 1.82 bits per heavy atom. The normalized spacial score (nSPS) is 13.6. The van der Waals surface area contributed by atoms with Gasteiger partial charge in [-0.3, -0.25) is 0 Å². The van der Waals surface area contributed by atoms with Crippen LogP contribution in [-0.4, -0.2) is 16.3 Å². The number of unbranched alkanes of at least 4 members (excludes halogenated alkanes) is 4. The zero-order chi connectivity index (χ0) is 8.53. The van der Waals surface area contributed by atoms with Gasteiger partial charge in [0.25, 0.3) is 0 Å². The lowest BCUT2D eigenvalue weighted by atomic mass is 10.1.